The van der Waals surface area contributed by atoms with Gasteiger partial charge in [0.15, 0.2) is 5.82 Å². The number of piperazine rings is 1. The first-order valence-corrected chi connectivity index (χ1v) is 12.0. The quantitative estimate of drug-likeness (QED) is 0.548. The molecule has 1 aliphatic heterocycles. The summed E-state index contributed by atoms with van der Waals surface area (Å²) < 4.78 is 11.2. The summed E-state index contributed by atoms with van der Waals surface area (Å²) in [5.74, 6) is 0.671. The fraction of sp³-hybridized carbons (Fsp3) is 0.708. The van der Waals surface area contributed by atoms with Crippen LogP contribution in [0.5, 0.6) is 0 Å². The fourth-order valence-corrected chi connectivity index (χ4v) is 3.46. The van der Waals surface area contributed by atoms with Gasteiger partial charge in [0.05, 0.1) is 0 Å². The Morgan fingerprint density at radius 3 is 2.40 bits per heavy atom. The van der Waals surface area contributed by atoms with Crippen LogP contribution in [-0.4, -0.2) is 82.4 Å². The van der Waals surface area contributed by atoms with E-state index in [1.807, 2.05) is 54.5 Å². The van der Waals surface area contributed by atoms with E-state index < -0.39 is 17.3 Å². The Balaban J connectivity index is 1.85. The number of hydrogen-bond acceptors (Lipinski definition) is 9. The van der Waals surface area contributed by atoms with Gasteiger partial charge in [0.1, 0.15) is 17.3 Å². The molecule has 35 heavy (non-hydrogen) atoms. The first-order valence-electron chi connectivity index (χ1n) is 12.0. The van der Waals surface area contributed by atoms with Crippen LogP contribution in [0, 0.1) is 17.2 Å². The van der Waals surface area contributed by atoms with E-state index in [-0.39, 0.29) is 17.8 Å². The van der Waals surface area contributed by atoms with Crippen molar-refractivity contribution in [2.24, 2.45) is 5.92 Å². The lowest BCUT2D eigenvalue weighted by molar-refractivity contribution is 0.00523. The third kappa shape index (κ3) is 9.94. The van der Waals surface area contributed by atoms with Crippen molar-refractivity contribution in [2.45, 2.75) is 66.1 Å². The SMILES string of the molecule is CC(C)CN(NC(=O)OC(C)(C)CCN1CCN(C(=O)OC(C)(C)C)CC1)c1ccnc(C#N)n1. The highest BCUT2D eigenvalue weighted by molar-refractivity contribution is 5.70. The number of nitrogens with one attached hydrogen (secondary N) is 1. The predicted octanol–water partition coefficient (Wildman–Crippen LogP) is 3.17. The van der Waals surface area contributed by atoms with Crippen molar-refractivity contribution in [3.8, 4) is 6.07 Å². The molecule has 0 saturated carbocycles. The number of hydrazine groups is 1. The minimum atomic E-state index is -0.709. The Morgan fingerprint density at radius 2 is 1.83 bits per heavy atom. The summed E-state index contributed by atoms with van der Waals surface area (Å²) in [6, 6.07) is 3.54. The highest BCUT2D eigenvalue weighted by atomic mass is 16.6. The van der Waals surface area contributed by atoms with Crippen LogP contribution in [0.1, 0.15) is 60.7 Å². The van der Waals surface area contributed by atoms with Crippen LogP contribution in [0.4, 0.5) is 15.4 Å². The maximum absolute atomic E-state index is 12.7. The zero-order valence-electron chi connectivity index (χ0n) is 22.0. The Bertz CT molecular complexity index is 900. The Morgan fingerprint density at radius 1 is 1.17 bits per heavy atom. The molecule has 2 heterocycles. The van der Waals surface area contributed by atoms with E-state index in [1.54, 1.807) is 16.0 Å². The third-order valence-corrected chi connectivity index (χ3v) is 5.21. The maximum Gasteiger partial charge on any atom is 0.426 e. The number of aromatic nitrogens is 2. The average Bonchev–Trinajstić information content (AvgIpc) is 2.76. The number of carbonyl (C=O) groups is 2. The van der Waals surface area contributed by atoms with E-state index in [1.165, 1.54) is 6.20 Å². The van der Waals surface area contributed by atoms with E-state index >= 15 is 0 Å². The van der Waals surface area contributed by atoms with E-state index in [2.05, 4.69) is 20.3 Å². The lowest BCUT2D eigenvalue weighted by atomic mass is 10.0. The summed E-state index contributed by atoms with van der Waals surface area (Å²) in [7, 11) is 0. The van der Waals surface area contributed by atoms with Gasteiger partial charge < -0.3 is 14.4 Å². The lowest BCUT2D eigenvalue weighted by Crippen LogP contribution is -2.51. The van der Waals surface area contributed by atoms with Gasteiger partial charge in [-0.2, -0.15) is 10.2 Å². The monoisotopic (exact) mass is 489 g/mol. The molecule has 0 atom stereocenters. The van der Waals surface area contributed by atoms with Gasteiger partial charge in [-0.1, -0.05) is 13.8 Å². The molecular weight excluding hydrogens is 450 g/mol. The Hall–Kier alpha value is -3.13. The number of ether oxygens (including phenoxy) is 2. The molecule has 1 aromatic rings. The van der Waals surface area contributed by atoms with Crippen molar-refractivity contribution >= 4 is 18.0 Å². The standard InChI is InChI=1S/C24H39N7O4/c1-18(2)17-31(20-8-10-26-19(16-25)27-20)28-21(32)34-24(6,7)9-11-29-12-14-30(15-13-29)22(33)35-23(3,4)5/h8,10,18H,9,11-15,17H2,1-7H3,(H,28,32). The summed E-state index contributed by atoms with van der Waals surface area (Å²) in [5.41, 5.74) is 1.53. The van der Waals surface area contributed by atoms with Gasteiger partial charge in [-0.15, -0.1) is 0 Å². The molecule has 1 aliphatic rings. The van der Waals surface area contributed by atoms with Gasteiger partial charge >= 0.3 is 12.2 Å². The highest BCUT2D eigenvalue weighted by Gasteiger charge is 2.29. The van der Waals surface area contributed by atoms with Crippen LogP contribution >= 0.6 is 0 Å². The summed E-state index contributed by atoms with van der Waals surface area (Å²) in [4.78, 5) is 37.0. The van der Waals surface area contributed by atoms with Crippen molar-refractivity contribution < 1.29 is 19.1 Å². The van der Waals surface area contributed by atoms with Crippen molar-refractivity contribution in [3.05, 3.63) is 18.1 Å². The number of hydrogen-bond donors (Lipinski definition) is 1. The molecule has 0 radical (unpaired) electrons. The van der Waals surface area contributed by atoms with Crippen LogP contribution in [-0.2, 0) is 9.47 Å². The summed E-state index contributed by atoms with van der Waals surface area (Å²) in [5, 5.41) is 10.6. The first kappa shape index (κ1) is 28.1. The topological polar surface area (TPSA) is 124 Å². The summed E-state index contributed by atoms with van der Waals surface area (Å²) in [6.07, 6.45) is 1.23. The van der Waals surface area contributed by atoms with Gasteiger partial charge in [0.2, 0.25) is 5.82 Å². The number of amides is 2. The lowest BCUT2D eigenvalue weighted by Gasteiger charge is -2.37. The van der Waals surface area contributed by atoms with Gasteiger partial charge in [-0.25, -0.2) is 20.0 Å². The molecule has 1 fully saturated rings. The Kier molecular flexibility index (Phi) is 9.65. The second kappa shape index (κ2) is 12.0. The molecule has 11 nitrogen and oxygen atoms in total. The minimum absolute atomic E-state index is 0.0264. The number of nitrogens with zero attached hydrogens (tertiary/aromatic N) is 6. The molecule has 0 unspecified atom stereocenters. The van der Waals surface area contributed by atoms with Crippen LogP contribution in [0.2, 0.25) is 0 Å². The largest absolute Gasteiger partial charge is 0.444 e. The van der Waals surface area contributed by atoms with Crippen molar-refractivity contribution in [3.63, 3.8) is 0 Å². The number of rotatable bonds is 8. The minimum Gasteiger partial charge on any atom is -0.444 e. The molecular formula is C24H39N7O4. The predicted molar refractivity (Wildman–Crippen MR) is 131 cm³/mol. The average molecular weight is 490 g/mol. The van der Waals surface area contributed by atoms with Crippen LogP contribution in [0.3, 0.4) is 0 Å². The zero-order valence-corrected chi connectivity index (χ0v) is 22.0. The van der Waals surface area contributed by atoms with E-state index in [0.717, 1.165) is 19.6 Å². The molecule has 11 heteroatoms. The van der Waals surface area contributed by atoms with Crippen LogP contribution in [0.25, 0.3) is 0 Å². The zero-order chi connectivity index (χ0) is 26.2. The molecule has 0 bridgehead atoms. The smallest absolute Gasteiger partial charge is 0.426 e. The van der Waals surface area contributed by atoms with Gasteiger partial charge in [-0.3, -0.25) is 9.91 Å². The number of carbonyl (C=O) groups excluding carboxylic acids is 2. The van der Waals surface area contributed by atoms with Gasteiger partial charge in [-0.05, 0) is 47.0 Å². The van der Waals surface area contributed by atoms with Crippen molar-refractivity contribution in [2.75, 3.05) is 44.3 Å². The summed E-state index contributed by atoms with van der Waals surface area (Å²) >= 11 is 0. The maximum atomic E-state index is 12.7. The third-order valence-electron chi connectivity index (χ3n) is 5.21. The first-order chi connectivity index (χ1) is 16.3. The Labute approximate surface area is 208 Å². The van der Waals surface area contributed by atoms with Gasteiger partial charge in [0.25, 0.3) is 0 Å². The van der Waals surface area contributed by atoms with Crippen LogP contribution < -0.4 is 10.4 Å². The fourth-order valence-electron chi connectivity index (χ4n) is 3.46. The van der Waals surface area contributed by atoms with E-state index in [9.17, 15) is 9.59 Å². The second-order valence-corrected chi connectivity index (χ2v) is 10.7. The number of anilines is 1. The molecule has 1 saturated heterocycles. The highest BCUT2D eigenvalue weighted by Crippen LogP contribution is 2.18. The summed E-state index contributed by atoms with van der Waals surface area (Å²) in [6.45, 7) is 17.2. The van der Waals surface area contributed by atoms with Gasteiger partial charge in [0, 0.05) is 51.5 Å². The van der Waals surface area contributed by atoms with E-state index in [4.69, 9.17) is 14.7 Å². The normalized spacial score (nSPS) is 14.9. The molecule has 1 N–H and O–H groups in total. The molecule has 0 aliphatic carbocycles. The number of nitriles is 1. The molecule has 194 valence electrons. The van der Waals surface area contributed by atoms with E-state index in [0.29, 0.717) is 31.9 Å². The molecule has 0 spiro atoms. The van der Waals surface area contributed by atoms with Crippen molar-refractivity contribution in [1.29, 1.82) is 5.26 Å². The molecule has 2 amide bonds. The second-order valence-electron chi connectivity index (χ2n) is 10.7. The molecule has 0 aromatic carbocycles. The molecule has 1 aromatic heterocycles. The van der Waals surface area contributed by atoms with Crippen LogP contribution in [0.15, 0.2) is 12.3 Å². The molecule has 2 rings (SSSR count). The van der Waals surface area contributed by atoms with Crippen molar-refractivity contribution in [1.82, 2.24) is 25.2 Å².